The lowest BCUT2D eigenvalue weighted by Gasteiger charge is -2.48. The van der Waals surface area contributed by atoms with E-state index in [2.05, 4.69) is 4.72 Å². The Bertz CT molecular complexity index is 2740. The summed E-state index contributed by atoms with van der Waals surface area (Å²) < 4.78 is 118. The molecule has 22 nitrogen and oxygen atoms in total. The first-order valence-corrected chi connectivity index (χ1v) is 27.5. The van der Waals surface area contributed by atoms with Crippen LogP contribution in [0.1, 0.15) is 63.3 Å². The van der Waals surface area contributed by atoms with Crippen molar-refractivity contribution in [2.75, 3.05) is 26.9 Å². The average molecular weight is 1140 g/mol. The van der Waals surface area contributed by atoms with Gasteiger partial charge in [-0.05, 0) is 35.7 Å². The number of rotatable bonds is 25. The SMILES string of the molecule is CO[C@H]1O[C@H](CO[C@@H]2C[C@H](NS(=O)(=O)c3ccc(C)cc3)[C@H](O[C@H]3O[C@H](COC(C)=O)[C@@H](OC(C)=O)[C@H](OC(C)=O)[C@H]3OC(C)=O)[C@@H](COC(C)=O)O2)[C@@H](OCc2ccccc2)[C@H](OCc2ccccc2)[C@H]1OCc1ccccc1. The van der Waals surface area contributed by atoms with Crippen LogP contribution in [-0.2, 0) is 120 Å². The molecular weight excluding hydrogens is 1070 g/mol. The smallest absolute Gasteiger partial charge is 0.303 e. The minimum atomic E-state index is -4.45. The van der Waals surface area contributed by atoms with Gasteiger partial charge in [-0.1, -0.05) is 109 Å². The molecule has 0 spiro atoms. The summed E-state index contributed by atoms with van der Waals surface area (Å²) in [6.45, 7) is 6.25. The quantitative estimate of drug-likeness (QED) is 0.0681. The van der Waals surface area contributed by atoms with E-state index in [1.54, 1.807) is 19.1 Å². The summed E-state index contributed by atoms with van der Waals surface area (Å²) in [6.07, 6.45) is -17.4. The molecule has 14 atom stereocenters. The molecule has 7 rings (SSSR count). The minimum Gasteiger partial charge on any atom is -0.463 e. The average Bonchev–Trinajstić information content (AvgIpc) is 3.45. The zero-order valence-electron chi connectivity index (χ0n) is 45.5. The highest BCUT2D eigenvalue weighted by atomic mass is 32.2. The number of hydrogen-bond acceptors (Lipinski definition) is 21. The van der Waals surface area contributed by atoms with Crippen molar-refractivity contribution in [3.63, 3.8) is 0 Å². The maximum Gasteiger partial charge on any atom is 0.303 e. The highest BCUT2D eigenvalue weighted by molar-refractivity contribution is 7.89. The lowest BCUT2D eigenvalue weighted by atomic mass is 9.96. The molecule has 0 saturated carbocycles. The molecule has 0 aromatic heterocycles. The number of nitrogens with one attached hydrogen (secondary N) is 1. The molecule has 0 aliphatic carbocycles. The third-order valence-corrected chi connectivity index (χ3v) is 14.5. The standard InChI is InChI=1S/C57H69NO21S/c1-34-23-25-43(26-24-34)80(64,65)58-44-27-48(76-45(31-67-35(2)59)49(44)79-57-55(75-39(6)63)53(74-38(5)62)51(73-37(4)61)47(78-57)32-68-36(3)60)69-33-46-50(70-28-40-17-11-8-12-18-40)52(71-29-41-19-13-9-14-20-41)54(56(66-7)77-46)72-30-42-21-15-10-16-22-42/h8-26,44-58H,27-33H2,1-7H3/t44-,45+,46+,47+,48-,49-,50+,51+,52-,53-,54+,55+,56-,57+/m0/s1. The van der Waals surface area contributed by atoms with Crippen LogP contribution in [0.5, 0.6) is 0 Å². The number of esters is 5. The van der Waals surface area contributed by atoms with E-state index in [1.807, 2.05) is 91.0 Å². The Morgan fingerprint density at radius 2 is 0.938 bits per heavy atom. The third-order valence-electron chi connectivity index (χ3n) is 13.0. The summed E-state index contributed by atoms with van der Waals surface area (Å²) in [6, 6.07) is 33.3. The zero-order valence-corrected chi connectivity index (χ0v) is 46.3. The summed E-state index contributed by atoms with van der Waals surface area (Å²) in [5.41, 5.74) is 3.39. The number of hydrogen-bond donors (Lipinski definition) is 1. The summed E-state index contributed by atoms with van der Waals surface area (Å²) in [5, 5.41) is 0. The molecule has 3 fully saturated rings. The highest BCUT2D eigenvalue weighted by Crippen LogP contribution is 2.36. The van der Waals surface area contributed by atoms with Gasteiger partial charge in [0.05, 0.1) is 37.4 Å². The molecule has 80 heavy (non-hydrogen) atoms. The first-order valence-electron chi connectivity index (χ1n) is 26.0. The second-order valence-corrected chi connectivity index (χ2v) is 21.0. The van der Waals surface area contributed by atoms with Crippen molar-refractivity contribution in [1.82, 2.24) is 4.72 Å². The third kappa shape index (κ3) is 17.6. The fourth-order valence-corrected chi connectivity index (χ4v) is 10.6. The van der Waals surface area contributed by atoms with Crippen LogP contribution in [0, 0.1) is 6.92 Å². The van der Waals surface area contributed by atoms with E-state index >= 15 is 0 Å². The molecule has 0 unspecified atom stereocenters. The fourth-order valence-electron chi connectivity index (χ4n) is 9.38. The van der Waals surface area contributed by atoms with E-state index in [0.29, 0.717) is 0 Å². The van der Waals surface area contributed by atoms with E-state index in [4.69, 9.17) is 66.3 Å². The van der Waals surface area contributed by atoms with Gasteiger partial charge in [0.1, 0.15) is 55.9 Å². The molecule has 3 saturated heterocycles. The molecule has 0 bridgehead atoms. The number of carbonyl (C=O) groups is 5. The van der Waals surface area contributed by atoms with Crippen LogP contribution in [0.2, 0.25) is 0 Å². The first-order chi connectivity index (χ1) is 38.4. The molecule has 4 aromatic carbocycles. The molecule has 1 N–H and O–H groups in total. The number of carbonyl (C=O) groups excluding carboxylic acids is 5. The lowest BCUT2D eigenvalue weighted by molar-refractivity contribution is -0.345. The van der Waals surface area contributed by atoms with Gasteiger partial charge in [-0.25, -0.2) is 13.1 Å². The van der Waals surface area contributed by atoms with Gasteiger partial charge in [-0.3, -0.25) is 24.0 Å². The Balaban J connectivity index is 1.25. The minimum absolute atomic E-state index is 0.116. The zero-order chi connectivity index (χ0) is 57.3. The molecule has 0 radical (unpaired) electrons. The molecule has 3 aliphatic rings. The van der Waals surface area contributed by atoms with Crippen molar-refractivity contribution >= 4 is 39.9 Å². The van der Waals surface area contributed by atoms with Crippen molar-refractivity contribution in [2.45, 2.75) is 159 Å². The molecule has 4 aromatic rings. The van der Waals surface area contributed by atoms with E-state index in [-0.39, 0.29) is 37.7 Å². The maximum absolute atomic E-state index is 14.5. The van der Waals surface area contributed by atoms with Gasteiger partial charge >= 0.3 is 29.8 Å². The Morgan fingerprint density at radius 1 is 0.487 bits per heavy atom. The number of ether oxygens (including phenoxy) is 14. The van der Waals surface area contributed by atoms with Crippen molar-refractivity contribution in [3.8, 4) is 0 Å². The van der Waals surface area contributed by atoms with Crippen molar-refractivity contribution in [3.05, 3.63) is 138 Å². The summed E-state index contributed by atoms with van der Waals surface area (Å²) in [4.78, 5) is 62.7. The van der Waals surface area contributed by atoms with Crippen LogP contribution in [0.25, 0.3) is 0 Å². The Morgan fingerprint density at radius 3 is 1.44 bits per heavy atom. The molecule has 3 heterocycles. The van der Waals surface area contributed by atoms with Gasteiger partial charge in [0.15, 0.2) is 37.2 Å². The normalized spacial score (nSPS) is 27.7. The Hall–Kier alpha value is -6.22. The van der Waals surface area contributed by atoms with Gasteiger partial charge in [0.2, 0.25) is 10.0 Å². The van der Waals surface area contributed by atoms with Gasteiger partial charge in [-0.2, -0.15) is 0 Å². The van der Waals surface area contributed by atoms with Crippen molar-refractivity contribution < 1.29 is 98.7 Å². The van der Waals surface area contributed by atoms with Crippen LogP contribution < -0.4 is 4.72 Å². The van der Waals surface area contributed by atoms with Crippen LogP contribution in [0.3, 0.4) is 0 Å². The van der Waals surface area contributed by atoms with E-state index in [1.165, 1.54) is 19.2 Å². The van der Waals surface area contributed by atoms with Crippen molar-refractivity contribution in [1.29, 1.82) is 0 Å². The second-order valence-electron chi connectivity index (χ2n) is 19.2. The van der Waals surface area contributed by atoms with E-state index in [9.17, 15) is 32.4 Å². The Labute approximate surface area is 464 Å². The van der Waals surface area contributed by atoms with Gasteiger partial charge in [0.25, 0.3) is 0 Å². The van der Waals surface area contributed by atoms with Crippen LogP contribution in [0.4, 0.5) is 0 Å². The molecule has 3 aliphatic heterocycles. The Kier molecular flexibility index (Phi) is 22.6. The van der Waals surface area contributed by atoms with Gasteiger partial charge in [0, 0.05) is 48.1 Å². The van der Waals surface area contributed by atoms with Crippen LogP contribution in [0.15, 0.2) is 120 Å². The maximum atomic E-state index is 14.5. The van der Waals surface area contributed by atoms with Gasteiger partial charge < -0.3 is 66.3 Å². The predicted octanol–water partition coefficient (Wildman–Crippen LogP) is 4.93. The molecule has 0 amide bonds. The number of benzene rings is 4. The molecule has 434 valence electrons. The van der Waals surface area contributed by atoms with Crippen LogP contribution in [-0.4, -0.2) is 151 Å². The fraction of sp³-hybridized carbons (Fsp3) is 0.491. The molecule has 23 heteroatoms. The number of aryl methyl sites for hydroxylation is 1. The molecular formula is C57H69NO21S. The first kappa shape index (κ1) is 61.4. The highest BCUT2D eigenvalue weighted by Gasteiger charge is 2.56. The lowest BCUT2D eigenvalue weighted by Crippen LogP contribution is -2.66. The summed E-state index contributed by atoms with van der Waals surface area (Å²) in [5.74, 6) is -4.18. The topological polar surface area (TPSA) is 261 Å². The number of methoxy groups -OCH3 is 1. The number of sulfonamides is 1. The largest absolute Gasteiger partial charge is 0.463 e. The summed E-state index contributed by atoms with van der Waals surface area (Å²) >= 11 is 0. The van der Waals surface area contributed by atoms with E-state index in [0.717, 1.165) is 56.9 Å². The predicted molar refractivity (Wildman–Crippen MR) is 279 cm³/mol. The summed E-state index contributed by atoms with van der Waals surface area (Å²) in [7, 11) is -2.97. The monoisotopic (exact) mass is 1140 g/mol. The van der Waals surface area contributed by atoms with E-state index < -0.39 is 139 Å². The van der Waals surface area contributed by atoms with Gasteiger partial charge in [-0.15, -0.1) is 0 Å². The van der Waals surface area contributed by atoms with Crippen molar-refractivity contribution in [2.24, 2.45) is 0 Å². The van der Waals surface area contributed by atoms with Crippen LogP contribution >= 0.6 is 0 Å². The second kappa shape index (κ2) is 29.5.